The predicted molar refractivity (Wildman–Crippen MR) is 129 cm³/mol. The van der Waals surface area contributed by atoms with Crippen LogP contribution in [0.3, 0.4) is 0 Å². The number of alkyl halides is 3. The van der Waals surface area contributed by atoms with Gasteiger partial charge in [0.1, 0.15) is 0 Å². The first-order valence-corrected chi connectivity index (χ1v) is 10.9. The van der Waals surface area contributed by atoms with E-state index in [1.165, 1.54) is 63.9 Å². The van der Waals surface area contributed by atoms with E-state index in [1.54, 1.807) is 0 Å². The number of carbonyl (C=O) groups is 1. The van der Waals surface area contributed by atoms with Gasteiger partial charge in [0, 0.05) is 28.2 Å². The first-order valence-electron chi connectivity index (χ1n) is 10.1. The number of ketones is 1. The van der Waals surface area contributed by atoms with Crippen LogP contribution in [0.5, 0.6) is 17.2 Å². The second-order valence-corrected chi connectivity index (χ2v) is 8.12. The smallest absolute Gasteiger partial charge is 0.416 e. The lowest BCUT2D eigenvalue weighted by molar-refractivity contribution is -0.137. The van der Waals surface area contributed by atoms with Crippen molar-refractivity contribution in [2.45, 2.75) is 12.6 Å². The molecule has 0 aromatic heterocycles. The van der Waals surface area contributed by atoms with Gasteiger partial charge in [-0.15, -0.1) is 0 Å². The minimum absolute atomic E-state index is 0.0813. The van der Waals surface area contributed by atoms with Gasteiger partial charge in [-0.1, -0.05) is 29.3 Å². The number of nitrogens with zero attached hydrogens (tertiary/aromatic N) is 1. The number of benzene rings is 3. The molecule has 0 saturated heterocycles. The van der Waals surface area contributed by atoms with Gasteiger partial charge in [0.25, 0.3) is 0 Å². The Kier molecular flexibility index (Phi) is 8.30. The number of hydrogen-bond donors (Lipinski definition) is 0. The van der Waals surface area contributed by atoms with Crippen LogP contribution in [0, 0.1) is 0 Å². The molecule has 184 valence electrons. The Morgan fingerprint density at radius 2 is 1.63 bits per heavy atom. The molecule has 35 heavy (non-hydrogen) atoms. The summed E-state index contributed by atoms with van der Waals surface area (Å²) in [5.74, 6) is 0.639. The largest absolute Gasteiger partial charge is 0.493 e. The number of aliphatic imine (C=N–C) groups is 1. The highest BCUT2D eigenvalue weighted by Gasteiger charge is 2.30. The maximum absolute atomic E-state index is 13.2. The third-order valence-electron chi connectivity index (χ3n) is 5.04. The van der Waals surface area contributed by atoms with Crippen LogP contribution in [0.1, 0.15) is 27.0 Å². The van der Waals surface area contributed by atoms with Gasteiger partial charge in [-0.3, -0.25) is 9.79 Å². The van der Waals surface area contributed by atoms with E-state index in [0.29, 0.717) is 28.4 Å². The fourth-order valence-electron chi connectivity index (χ4n) is 3.34. The summed E-state index contributed by atoms with van der Waals surface area (Å²) < 4.78 is 54.9. The van der Waals surface area contributed by atoms with E-state index in [-0.39, 0.29) is 33.5 Å². The molecule has 0 amide bonds. The van der Waals surface area contributed by atoms with Gasteiger partial charge in [0.2, 0.25) is 5.75 Å². The molecule has 0 radical (unpaired) electrons. The van der Waals surface area contributed by atoms with Crippen LogP contribution in [0.25, 0.3) is 0 Å². The molecule has 0 aliphatic carbocycles. The minimum atomic E-state index is -4.50. The highest BCUT2D eigenvalue weighted by atomic mass is 35.5. The Hall–Kier alpha value is -3.23. The van der Waals surface area contributed by atoms with Gasteiger partial charge in [-0.2, -0.15) is 13.2 Å². The van der Waals surface area contributed by atoms with Crippen LogP contribution in [-0.2, 0) is 12.6 Å². The second-order valence-electron chi connectivity index (χ2n) is 7.28. The Bertz CT molecular complexity index is 1250. The zero-order chi connectivity index (χ0) is 25.8. The molecule has 0 bridgehead atoms. The summed E-state index contributed by atoms with van der Waals surface area (Å²) in [6.45, 7) is 0. The summed E-state index contributed by atoms with van der Waals surface area (Å²) in [6.07, 6.45) is -3.31. The third-order valence-corrected chi connectivity index (χ3v) is 5.60. The van der Waals surface area contributed by atoms with E-state index in [4.69, 9.17) is 37.4 Å². The number of halogens is 5. The number of methoxy groups -OCH3 is 3. The summed E-state index contributed by atoms with van der Waals surface area (Å²) in [5, 5.41) is 0.494. The molecule has 0 N–H and O–H groups in total. The van der Waals surface area contributed by atoms with Crippen molar-refractivity contribution < 1.29 is 32.2 Å². The topological polar surface area (TPSA) is 57.1 Å². The fraction of sp³-hybridized carbons (Fsp3) is 0.200. The molecule has 0 aliphatic rings. The van der Waals surface area contributed by atoms with E-state index < -0.39 is 11.7 Å². The molecule has 0 spiro atoms. The molecule has 3 aromatic carbocycles. The van der Waals surface area contributed by atoms with Crippen molar-refractivity contribution in [2.75, 3.05) is 21.3 Å². The second kappa shape index (κ2) is 11.0. The van der Waals surface area contributed by atoms with Crippen LogP contribution < -0.4 is 14.2 Å². The van der Waals surface area contributed by atoms with E-state index in [1.807, 2.05) is 0 Å². The molecule has 3 rings (SSSR count). The van der Waals surface area contributed by atoms with Crippen molar-refractivity contribution in [3.63, 3.8) is 0 Å². The molecule has 5 nitrogen and oxygen atoms in total. The summed E-state index contributed by atoms with van der Waals surface area (Å²) in [6, 6.07) is 10.6. The average molecular weight is 526 g/mol. The van der Waals surface area contributed by atoms with Crippen molar-refractivity contribution in [3.05, 3.63) is 80.8 Å². The van der Waals surface area contributed by atoms with E-state index >= 15 is 0 Å². The van der Waals surface area contributed by atoms with Crippen molar-refractivity contribution in [1.82, 2.24) is 0 Å². The van der Waals surface area contributed by atoms with Gasteiger partial charge in [0.05, 0.1) is 32.6 Å². The quantitative estimate of drug-likeness (QED) is 0.230. The Balaban J connectivity index is 1.98. The minimum Gasteiger partial charge on any atom is -0.493 e. The number of rotatable bonds is 8. The summed E-state index contributed by atoms with van der Waals surface area (Å²) in [4.78, 5) is 17.3. The Morgan fingerprint density at radius 3 is 2.20 bits per heavy atom. The fourth-order valence-corrected chi connectivity index (χ4v) is 3.91. The third kappa shape index (κ3) is 6.26. The molecule has 3 aromatic rings. The van der Waals surface area contributed by atoms with Crippen LogP contribution in [0.2, 0.25) is 10.0 Å². The lowest BCUT2D eigenvalue weighted by atomic mass is 9.98. The maximum Gasteiger partial charge on any atom is 0.416 e. The molecule has 0 atom stereocenters. The Morgan fingerprint density at radius 1 is 0.971 bits per heavy atom. The standard InChI is InChI=1S/C25H20Cl2F3NO4/c1-33-22-8-14(9-23(34-2)24(22)35-3)21(32)12-19-15(7-17(26)11-20(19)27)13-31-18-6-4-5-16(10-18)25(28,29)30/h4-11,13H,12H2,1-3H3. The van der Waals surface area contributed by atoms with Gasteiger partial charge in [0.15, 0.2) is 17.3 Å². The summed E-state index contributed by atoms with van der Waals surface area (Å²) in [7, 11) is 4.32. The zero-order valence-electron chi connectivity index (χ0n) is 18.9. The van der Waals surface area contributed by atoms with Crippen molar-refractivity contribution >= 4 is 40.9 Å². The van der Waals surface area contributed by atoms with Crippen molar-refractivity contribution in [3.8, 4) is 17.2 Å². The molecular weight excluding hydrogens is 506 g/mol. The molecule has 0 heterocycles. The highest BCUT2D eigenvalue weighted by molar-refractivity contribution is 6.35. The van der Waals surface area contributed by atoms with Crippen LogP contribution >= 0.6 is 23.2 Å². The number of hydrogen-bond acceptors (Lipinski definition) is 5. The van der Waals surface area contributed by atoms with Crippen molar-refractivity contribution in [2.24, 2.45) is 4.99 Å². The first-order chi connectivity index (χ1) is 16.6. The molecule has 10 heteroatoms. The van der Waals surface area contributed by atoms with Crippen LogP contribution in [-0.4, -0.2) is 33.3 Å². The average Bonchev–Trinajstić information content (AvgIpc) is 2.82. The number of Topliss-reactive ketones (excluding diaryl/α,β-unsaturated/α-hetero) is 1. The molecule has 0 aliphatic heterocycles. The number of carbonyl (C=O) groups excluding carboxylic acids is 1. The molecular formula is C25H20Cl2F3NO4. The van der Waals surface area contributed by atoms with Crippen molar-refractivity contribution in [1.29, 1.82) is 0 Å². The van der Waals surface area contributed by atoms with Crippen LogP contribution in [0.4, 0.5) is 18.9 Å². The lowest BCUT2D eigenvalue weighted by Gasteiger charge is -2.14. The normalized spacial score (nSPS) is 11.5. The summed E-state index contributed by atoms with van der Waals surface area (Å²) >= 11 is 12.5. The lowest BCUT2D eigenvalue weighted by Crippen LogP contribution is -2.08. The van der Waals surface area contributed by atoms with Gasteiger partial charge >= 0.3 is 6.18 Å². The molecule has 0 saturated carbocycles. The Labute approximate surface area is 210 Å². The highest BCUT2D eigenvalue weighted by Crippen LogP contribution is 2.39. The van der Waals surface area contributed by atoms with E-state index in [2.05, 4.69) is 4.99 Å². The first kappa shape index (κ1) is 26.4. The van der Waals surface area contributed by atoms with E-state index in [9.17, 15) is 18.0 Å². The monoisotopic (exact) mass is 525 g/mol. The number of ether oxygens (including phenoxy) is 3. The van der Waals surface area contributed by atoms with E-state index in [0.717, 1.165) is 12.1 Å². The predicted octanol–water partition coefficient (Wildman–Crippen LogP) is 7.21. The zero-order valence-corrected chi connectivity index (χ0v) is 20.4. The maximum atomic E-state index is 13.2. The summed E-state index contributed by atoms with van der Waals surface area (Å²) in [5.41, 5.74) is 0.337. The van der Waals surface area contributed by atoms with Crippen LogP contribution in [0.15, 0.2) is 53.5 Å². The molecule has 0 fully saturated rings. The molecule has 0 unspecified atom stereocenters. The van der Waals surface area contributed by atoms with Gasteiger partial charge < -0.3 is 14.2 Å². The van der Waals surface area contributed by atoms with Gasteiger partial charge in [-0.05, 0) is 53.6 Å². The SMILES string of the molecule is COc1cc(C(=O)Cc2c(Cl)cc(Cl)cc2C=Nc2cccc(C(F)(F)F)c2)cc(OC)c1OC. The van der Waals surface area contributed by atoms with Gasteiger partial charge in [-0.25, -0.2) is 0 Å².